The van der Waals surface area contributed by atoms with E-state index in [1.807, 2.05) is 36.4 Å². The van der Waals surface area contributed by atoms with Crippen molar-refractivity contribution < 1.29 is 14.0 Å². The van der Waals surface area contributed by atoms with Crippen LogP contribution in [0.3, 0.4) is 0 Å². The molecule has 2 N–H and O–H groups in total. The van der Waals surface area contributed by atoms with Gasteiger partial charge in [-0.25, -0.2) is 0 Å². The summed E-state index contributed by atoms with van der Waals surface area (Å²) in [5.41, 5.74) is 1.84. The lowest BCUT2D eigenvalue weighted by Gasteiger charge is -2.11. The number of aromatic nitrogens is 3. The van der Waals surface area contributed by atoms with Crippen LogP contribution in [-0.4, -0.2) is 48.0 Å². The first-order valence-electron chi connectivity index (χ1n) is 9.39. The second-order valence-electron chi connectivity index (χ2n) is 6.34. The van der Waals surface area contributed by atoms with E-state index >= 15 is 0 Å². The average Bonchev–Trinajstić information content (AvgIpc) is 3.42. The molecule has 0 atom stereocenters. The fourth-order valence-electron chi connectivity index (χ4n) is 2.88. The molecule has 150 valence electrons. The van der Waals surface area contributed by atoms with Gasteiger partial charge < -0.3 is 24.6 Å². The third kappa shape index (κ3) is 4.81. The maximum atomic E-state index is 5.41. The lowest BCUT2D eigenvalue weighted by Crippen LogP contribution is -2.39. The lowest BCUT2D eigenvalue weighted by molar-refractivity contribution is 0.174. The fourth-order valence-corrected chi connectivity index (χ4v) is 2.88. The lowest BCUT2D eigenvalue weighted by atomic mass is 10.1. The van der Waals surface area contributed by atoms with E-state index in [1.54, 1.807) is 13.2 Å². The van der Waals surface area contributed by atoms with E-state index in [2.05, 4.69) is 30.8 Å². The van der Waals surface area contributed by atoms with Gasteiger partial charge in [0.2, 0.25) is 6.79 Å². The molecule has 9 heteroatoms. The Morgan fingerprint density at radius 3 is 2.76 bits per heavy atom. The number of nitrogens with one attached hydrogen (secondary N) is 2. The highest BCUT2D eigenvalue weighted by Gasteiger charge is 2.13. The molecule has 3 aromatic rings. The second kappa shape index (κ2) is 9.05. The number of aliphatic imine (C=N–C) groups is 1. The molecule has 0 fully saturated rings. The molecule has 0 saturated heterocycles. The number of hydrogen-bond acceptors (Lipinski definition) is 7. The van der Waals surface area contributed by atoms with E-state index < -0.39 is 0 Å². The van der Waals surface area contributed by atoms with Gasteiger partial charge in [-0.2, -0.15) is 4.98 Å². The van der Waals surface area contributed by atoms with Crippen molar-refractivity contribution in [2.45, 2.75) is 12.8 Å². The molecule has 0 saturated carbocycles. The molecule has 3 heterocycles. The van der Waals surface area contributed by atoms with Crippen molar-refractivity contribution in [2.75, 3.05) is 26.9 Å². The van der Waals surface area contributed by atoms with Gasteiger partial charge in [-0.3, -0.25) is 9.98 Å². The van der Waals surface area contributed by atoms with E-state index in [0.717, 1.165) is 30.4 Å². The first-order chi connectivity index (χ1) is 14.3. The van der Waals surface area contributed by atoms with Crippen LogP contribution in [0.4, 0.5) is 0 Å². The van der Waals surface area contributed by atoms with Gasteiger partial charge in [-0.15, -0.1) is 0 Å². The standard InChI is InChI=1S/C20H22N6O3/c1-21-20(23-10-7-14-5-6-16-17(12-14)28-13-27-16)24-11-8-18-25-19(29-26-18)15-4-2-3-9-22-15/h2-6,9,12H,7-8,10-11,13H2,1H3,(H2,21,23,24). The van der Waals surface area contributed by atoms with E-state index in [1.165, 1.54) is 5.56 Å². The summed E-state index contributed by atoms with van der Waals surface area (Å²) in [5, 5.41) is 10.5. The minimum atomic E-state index is 0.289. The van der Waals surface area contributed by atoms with Crippen LogP contribution >= 0.6 is 0 Å². The molecular formula is C20H22N6O3. The molecule has 0 aliphatic carbocycles. The Morgan fingerprint density at radius 1 is 1.07 bits per heavy atom. The van der Waals surface area contributed by atoms with Gasteiger partial charge in [-0.05, 0) is 36.2 Å². The van der Waals surface area contributed by atoms with Crippen LogP contribution in [0.5, 0.6) is 11.5 Å². The van der Waals surface area contributed by atoms with Crippen molar-refractivity contribution in [2.24, 2.45) is 4.99 Å². The molecule has 29 heavy (non-hydrogen) atoms. The molecule has 0 radical (unpaired) electrons. The van der Waals surface area contributed by atoms with Gasteiger partial charge in [0.25, 0.3) is 5.89 Å². The summed E-state index contributed by atoms with van der Waals surface area (Å²) in [6.45, 7) is 1.66. The van der Waals surface area contributed by atoms with Crippen LogP contribution in [0.15, 0.2) is 52.1 Å². The first-order valence-corrected chi connectivity index (χ1v) is 9.39. The number of guanidine groups is 1. The Morgan fingerprint density at radius 2 is 1.93 bits per heavy atom. The number of ether oxygens (including phenoxy) is 2. The van der Waals surface area contributed by atoms with Crippen LogP contribution in [-0.2, 0) is 12.8 Å². The van der Waals surface area contributed by atoms with Crippen molar-refractivity contribution in [3.05, 3.63) is 54.0 Å². The fraction of sp³-hybridized carbons (Fsp3) is 0.300. The van der Waals surface area contributed by atoms with Crippen molar-refractivity contribution in [3.8, 4) is 23.1 Å². The topological polar surface area (TPSA) is 107 Å². The molecule has 9 nitrogen and oxygen atoms in total. The molecule has 2 aromatic heterocycles. The maximum absolute atomic E-state index is 5.41. The van der Waals surface area contributed by atoms with E-state index in [-0.39, 0.29) is 6.79 Å². The van der Waals surface area contributed by atoms with Crippen molar-refractivity contribution >= 4 is 5.96 Å². The number of hydrogen-bond donors (Lipinski definition) is 2. The molecule has 0 amide bonds. The highest BCUT2D eigenvalue weighted by Crippen LogP contribution is 2.32. The van der Waals surface area contributed by atoms with Crippen LogP contribution in [0.2, 0.25) is 0 Å². The second-order valence-corrected chi connectivity index (χ2v) is 6.34. The normalized spacial score (nSPS) is 12.8. The Labute approximate surface area is 168 Å². The van der Waals surface area contributed by atoms with Crippen LogP contribution in [0.25, 0.3) is 11.6 Å². The minimum absolute atomic E-state index is 0.289. The summed E-state index contributed by atoms with van der Waals surface area (Å²) in [6.07, 6.45) is 3.15. The minimum Gasteiger partial charge on any atom is -0.454 e. The summed E-state index contributed by atoms with van der Waals surface area (Å²) in [5.74, 6) is 3.36. The number of fused-ring (bicyclic) bond motifs is 1. The third-order valence-corrected chi connectivity index (χ3v) is 4.36. The van der Waals surface area contributed by atoms with E-state index in [9.17, 15) is 0 Å². The highest BCUT2D eigenvalue weighted by molar-refractivity contribution is 5.79. The van der Waals surface area contributed by atoms with Crippen molar-refractivity contribution in [1.82, 2.24) is 25.8 Å². The zero-order valence-electron chi connectivity index (χ0n) is 16.1. The molecular weight excluding hydrogens is 372 g/mol. The summed E-state index contributed by atoms with van der Waals surface area (Å²) in [7, 11) is 1.74. The van der Waals surface area contributed by atoms with Crippen molar-refractivity contribution in [1.29, 1.82) is 0 Å². The van der Waals surface area contributed by atoms with Gasteiger partial charge in [-0.1, -0.05) is 17.3 Å². The van der Waals surface area contributed by atoms with Gasteiger partial charge in [0.15, 0.2) is 23.3 Å². The summed E-state index contributed by atoms with van der Waals surface area (Å²) >= 11 is 0. The largest absolute Gasteiger partial charge is 0.454 e. The number of benzene rings is 1. The van der Waals surface area contributed by atoms with Gasteiger partial charge in [0.1, 0.15) is 5.69 Å². The highest BCUT2D eigenvalue weighted by atomic mass is 16.7. The SMILES string of the molecule is CN=C(NCCc1ccc2c(c1)OCO2)NCCc1noc(-c2ccccn2)n1. The van der Waals surface area contributed by atoms with Crippen LogP contribution in [0, 0.1) is 0 Å². The van der Waals surface area contributed by atoms with Gasteiger partial charge in [0, 0.05) is 32.8 Å². The molecule has 0 spiro atoms. The molecule has 1 aliphatic rings. The van der Waals surface area contributed by atoms with Crippen molar-refractivity contribution in [3.63, 3.8) is 0 Å². The Hall–Kier alpha value is -3.62. The smallest absolute Gasteiger partial charge is 0.276 e. The predicted octanol–water partition coefficient (Wildman–Crippen LogP) is 1.81. The zero-order valence-corrected chi connectivity index (χ0v) is 16.1. The maximum Gasteiger partial charge on any atom is 0.276 e. The Kier molecular flexibility index (Phi) is 5.84. The number of pyridine rings is 1. The third-order valence-electron chi connectivity index (χ3n) is 4.36. The first kappa shape index (κ1) is 18.7. The van der Waals surface area contributed by atoms with Gasteiger partial charge in [0.05, 0.1) is 0 Å². The number of rotatable bonds is 7. The summed E-state index contributed by atoms with van der Waals surface area (Å²) < 4.78 is 16.0. The molecule has 0 bridgehead atoms. The summed E-state index contributed by atoms with van der Waals surface area (Å²) in [6, 6.07) is 11.6. The molecule has 4 rings (SSSR count). The monoisotopic (exact) mass is 394 g/mol. The Bertz CT molecular complexity index is 973. The predicted molar refractivity (Wildman–Crippen MR) is 107 cm³/mol. The molecule has 0 unspecified atom stereocenters. The van der Waals surface area contributed by atoms with Gasteiger partial charge >= 0.3 is 0 Å². The number of nitrogens with zero attached hydrogens (tertiary/aromatic N) is 4. The average molecular weight is 394 g/mol. The Balaban J connectivity index is 1.20. The summed E-state index contributed by atoms with van der Waals surface area (Å²) in [4.78, 5) is 12.8. The van der Waals surface area contributed by atoms with Crippen LogP contribution < -0.4 is 20.1 Å². The van der Waals surface area contributed by atoms with Crippen LogP contribution in [0.1, 0.15) is 11.4 Å². The molecule has 1 aromatic carbocycles. The van der Waals surface area contributed by atoms with E-state index in [0.29, 0.717) is 30.4 Å². The zero-order chi connectivity index (χ0) is 19.9. The van der Waals surface area contributed by atoms with E-state index in [4.69, 9.17) is 14.0 Å². The molecule has 1 aliphatic heterocycles. The quantitative estimate of drug-likeness (QED) is 0.462.